The SMILES string of the molecule is CCC1(CC)Cc2cc(-c3ccc(C(C)(C)C)cc3)ccc2C1OC(N)=O. The van der Waals surface area contributed by atoms with E-state index in [0.29, 0.717) is 0 Å². The van der Waals surface area contributed by atoms with Crippen LogP contribution in [0.2, 0.25) is 0 Å². The van der Waals surface area contributed by atoms with Crippen molar-refractivity contribution in [3.05, 3.63) is 59.2 Å². The van der Waals surface area contributed by atoms with E-state index in [2.05, 4.69) is 77.1 Å². The van der Waals surface area contributed by atoms with Gasteiger partial charge in [-0.2, -0.15) is 0 Å². The number of ether oxygens (including phenoxy) is 1. The van der Waals surface area contributed by atoms with Gasteiger partial charge in [0.2, 0.25) is 0 Å². The van der Waals surface area contributed by atoms with Crippen LogP contribution in [-0.4, -0.2) is 6.09 Å². The molecule has 0 aromatic heterocycles. The van der Waals surface area contributed by atoms with Gasteiger partial charge in [0.05, 0.1) is 0 Å². The second kappa shape index (κ2) is 7.03. The van der Waals surface area contributed by atoms with Gasteiger partial charge in [0.15, 0.2) is 0 Å². The van der Waals surface area contributed by atoms with Crippen molar-refractivity contribution in [3.8, 4) is 11.1 Å². The van der Waals surface area contributed by atoms with Crippen LogP contribution >= 0.6 is 0 Å². The van der Waals surface area contributed by atoms with Crippen molar-refractivity contribution in [1.29, 1.82) is 0 Å². The van der Waals surface area contributed by atoms with Gasteiger partial charge < -0.3 is 10.5 Å². The van der Waals surface area contributed by atoms with Crippen LogP contribution in [-0.2, 0) is 16.6 Å². The van der Waals surface area contributed by atoms with E-state index >= 15 is 0 Å². The van der Waals surface area contributed by atoms with Gasteiger partial charge in [0.25, 0.3) is 0 Å². The summed E-state index contributed by atoms with van der Waals surface area (Å²) in [7, 11) is 0. The lowest BCUT2D eigenvalue weighted by Crippen LogP contribution is -2.30. The number of carbonyl (C=O) groups excluding carboxylic acids is 1. The highest BCUT2D eigenvalue weighted by atomic mass is 16.6. The molecular formula is C24H31NO2. The zero-order chi connectivity index (χ0) is 19.8. The number of hydrogen-bond acceptors (Lipinski definition) is 2. The lowest BCUT2D eigenvalue weighted by Gasteiger charge is -2.32. The molecule has 0 bridgehead atoms. The van der Waals surface area contributed by atoms with Gasteiger partial charge >= 0.3 is 6.09 Å². The highest BCUT2D eigenvalue weighted by Gasteiger charge is 2.46. The third-order valence-corrected chi connectivity index (χ3v) is 6.25. The summed E-state index contributed by atoms with van der Waals surface area (Å²) in [5.74, 6) is 0. The van der Waals surface area contributed by atoms with E-state index < -0.39 is 6.09 Å². The topological polar surface area (TPSA) is 52.3 Å². The number of benzene rings is 2. The average molecular weight is 366 g/mol. The lowest BCUT2D eigenvalue weighted by atomic mass is 9.77. The van der Waals surface area contributed by atoms with Crippen molar-refractivity contribution in [2.75, 3.05) is 0 Å². The zero-order valence-corrected chi connectivity index (χ0v) is 17.1. The fraction of sp³-hybridized carbons (Fsp3) is 0.458. The molecule has 1 amide bonds. The van der Waals surface area contributed by atoms with Crippen molar-refractivity contribution in [2.24, 2.45) is 11.1 Å². The summed E-state index contributed by atoms with van der Waals surface area (Å²) in [5, 5.41) is 0. The normalized spacial score (nSPS) is 18.2. The molecule has 0 spiro atoms. The van der Waals surface area contributed by atoms with Crippen LogP contribution in [0.4, 0.5) is 4.79 Å². The van der Waals surface area contributed by atoms with E-state index in [1.165, 1.54) is 22.3 Å². The third kappa shape index (κ3) is 3.60. The van der Waals surface area contributed by atoms with Crippen molar-refractivity contribution in [1.82, 2.24) is 0 Å². The Morgan fingerprint density at radius 2 is 1.67 bits per heavy atom. The molecule has 0 heterocycles. The summed E-state index contributed by atoms with van der Waals surface area (Å²) in [6, 6.07) is 15.3. The molecule has 144 valence electrons. The Kier molecular flexibility index (Phi) is 5.07. The van der Waals surface area contributed by atoms with Crippen LogP contribution in [0.25, 0.3) is 11.1 Å². The molecule has 1 aliphatic carbocycles. The van der Waals surface area contributed by atoms with Crippen molar-refractivity contribution in [3.63, 3.8) is 0 Å². The average Bonchev–Trinajstić information content (AvgIpc) is 2.94. The monoisotopic (exact) mass is 365 g/mol. The Bertz CT molecular complexity index is 826. The summed E-state index contributed by atoms with van der Waals surface area (Å²) in [6.45, 7) is 11.0. The molecule has 0 fully saturated rings. The van der Waals surface area contributed by atoms with Gasteiger partial charge in [-0.3, -0.25) is 0 Å². The maximum atomic E-state index is 11.5. The van der Waals surface area contributed by atoms with E-state index in [4.69, 9.17) is 10.5 Å². The van der Waals surface area contributed by atoms with E-state index in [1.54, 1.807) is 0 Å². The number of rotatable bonds is 4. The summed E-state index contributed by atoms with van der Waals surface area (Å²) in [4.78, 5) is 11.5. The molecule has 0 radical (unpaired) electrons. The smallest absolute Gasteiger partial charge is 0.405 e. The standard InChI is InChI=1S/C24H31NO2/c1-6-24(7-2)15-18-14-17(10-13-20(18)21(24)27-22(25)26)16-8-11-19(12-9-16)23(3,4)5/h8-14,21H,6-7,15H2,1-5H3,(H2,25,26). The van der Waals surface area contributed by atoms with E-state index in [9.17, 15) is 4.79 Å². The third-order valence-electron chi connectivity index (χ3n) is 6.25. The zero-order valence-electron chi connectivity index (χ0n) is 17.1. The van der Waals surface area contributed by atoms with Crippen LogP contribution in [0.1, 0.15) is 70.3 Å². The first kappa shape index (κ1) is 19.5. The molecule has 2 aromatic rings. The minimum atomic E-state index is -0.694. The minimum Gasteiger partial charge on any atom is -0.441 e. The highest BCUT2D eigenvalue weighted by Crippen LogP contribution is 2.52. The minimum absolute atomic E-state index is 0.0634. The summed E-state index contributed by atoms with van der Waals surface area (Å²) in [6.07, 6.45) is 1.87. The van der Waals surface area contributed by atoms with Crippen molar-refractivity contribution < 1.29 is 9.53 Å². The number of hydrogen-bond donors (Lipinski definition) is 1. The van der Waals surface area contributed by atoms with Crippen molar-refractivity contribution in [2.45, 2.75) is 65.4 Å². The number of nitrogens with two attached hydrogens (primary N) is 1. The summed E-state index contributed by atoms with van der Waals surface area (Å²) in [5.41, 5.74) is 11.6. The molecule has 3 heteroatoms. The molecule has 2 N–H and O–H groups in total. The van der Waals surface area contributed by atoms with Crippen molar-refractivity contribution >= 4 is 6.09 Å². The van der Waals surface area contributed by atoms with E-state index in [-0.39, 0.29) is 16.9 Å². The van der Waals surface area contributed by atoms with Crippen LogP contribution in [0.15, 0.2) is 42.5 Å². The summed E-state index contributed by atoms with van der Waals surface area (Å²) < 4.78 is 5.57. The van der Waals surface area contributed by atoms with Gasteiger partial charge in [-0.25, -0.2) is 4.79 Å². The van der Waals surface area contributed by atoms with E-state index in [1.807, 2.05) is 0 Å². The first-order chi connectivity index (χ1) is 12.7. The molecule has 0 aliphatic heterocycles. The second-order valence-corrected chi connectivity index (χ2v) is 8.80. The van der Waals surface area contributed by atoms with Crippen LogP contribution in [0, 0.1) is 5.41 Å². The first-order valence-corrected chi connectivity index (χ1v) is 9.90. The highest BCUT2D eigenvalue weighted by molar-refractivity contribution is 5.68. The Balaban J connectivity index is 1.97. The van der Waals surface area contributed by atoms with Gasteiger partial charge in [-0.1, -0.05) is 77.1 Å². The number of carbonyl (C=O) groups is 1. The number of primary amides is 1. The molecule has 3 rings (SSSR count). The molecule has 0 saturated heterocycles. The predicted octanol–water partition coefficient (Wildman–Crippen LogP) is 6.15. The molecule has 0 saturated carbocycles. The maximum Gasteiger partial charge on any atom is 0.405 e. The molecule has 2 aromatic carbocycles. The molecule has 1 atom stereocenters. The van der Waals surface area contributed by atoms with Gasteiger partial charge in [0, 0.05) is 5.41 Å². The largest absolute Gasteiger partial charge is 0.441 e. The Hall–Kier alpha value is -2.29. The Labute approximate surface area is 162 Å². The first-order valence-electron chi connectivity index (χ1n) is 9.90. The van der Waals surface area contributed by atoms with Gasteiger partial charge in [0.1, 0.15) is 6.10 Å². The van der Waals surface area contributed by atoms with Gasteiger partial charge in [-0.15, -0.1) is 0 Å². The molecule has 1 aliphatic rings. The fourth-order valence-corrected chi connectivity index (χ4v) is 4.33. The number of amides is 1. The predicted molar refractivity (Wildman–Crippen MR) is 111 cm³/mol. The molecule has 1 unspecified atom stereocenters. The Morgan fingerprint density at radius 3 is 2.19 bits per heavy atom. The second-order valence-electron chi connectivity index (χ2n) is 8.80. The molecule has 27 heavy (non-hydrogen) atoms. The fourth-order valence-electron chi connectivity index (χ4n) is 4.33. The van der Waals surface area contributed by atoms with Crippen LogP contribution in [0.3, 0.4) is 0 Å². The van der Waals surface area contributed by atoms with Crippen LogP contribution in [0.5, 0.6) is 0 Å². The number of fused-ring (bicyclic) bond motifs is 1. The molecule has 3 nitrogen and oxygen atoms in total. The van der Waals surface area contributed by atoms with E-state index in [0.717, 1.165) is 24.8 Å². The summed E-state index contributed by atoms with van der Waals surface area (Å²) >= 11 is 0. The van der Waals surface area contributed by atoms with Gasteiger partial charge in [-0.05, 0) is 52.5 Å². The Morgan fingerprint density at radius 1 is 1.07 bits per heavy atom. The maximum absolute atomic E-state index is 11.5. The lowest BCUT2D eigenvalue weighted by molar-refractivity contribution is 0.0140. The molecular weight excluding hydrogens is 334 g/mol. The van der Waals surface area contributed by atoms with Crippen LogP contribution < -0.4 is 5.73 Å². The quantitative estimate of drug-likeness (QED) is 0.706.